The molecule has 0 aliphatic carbocycles. The molecule has 3 N–H and O–H groups in total. The molecule has 2 rings (SSSR count). The lowest BCUT2D eigenvalue weighted by Gasteiger charge is -2.12. The number of benzene rings is 1. The number of amides is 1. The quantitative estimate of drug-likeness (QED) is 0.800. The lowest BCUT2D eigenvalue weighted by Crippen LogP contribution is -2.41. The van der Waals surface area contributed by atoms with Gasteiger partial charge >= 0.3 is 5.97 Å². The number of carboxylic acid groups (broad SMARTS) is 1. The fourth-order valence-electron chi connectivity index (χ4n) is 1.99. The van der Waals surface area contributed by atoms with E-state index in [0.717, 1.165) is 16.5 Å². The molecule has 19 heavy (non-hydrogen) atoms. The Hall–Kier alpha value is -2.01. The van der Waals surface area contributed by atoms with E-state index in [-0.39, 0.29) is 12.3 Å². The molecule has 6 heteroatoms. The molecule has 1 atom stereocenters. The van der Waals surface area contributed by atoms with Crippen molar-refractivity contribution in [3.05, 3.63) is 35.0 Å². The van der Waals surface area contributed by atoms with Gasteiger partial charge in [0.1, 0.15) is 6.04 Å². The maximum absolute atomic E-state index is 11.1. The Labute approximate surface area is 114 Å². The zero-order valence-electron chi connectivity index (χ0n) is 10.2. The van der Waals surface area contributed by atoms with E-state index in [9.17, 15) is 9.59 Å². The maximum atomic E-state index is 11.1. The number of carbonyl (C=O) groups excluding carboxylic acids is 1. The number of rotatable bonds is 4. The van der Waals surface area contributed by atoms with Crippen LogP contribution in [0.1, 0.15) is 12.5 Å². The highest BCUT2D eigenvalue weighted by Gasteiger charge is 2.20. The van der Waals surface area contributed by atoms with Crippen LogP contribution in [0, 0.1) is 0 Å². The predicted octanol–water partition coefficient (Wildman–Crippen LogP) is 1.95. The number of hydrogen-bond acceptors (Lipinski definition) is 2. The van der Waals surface area contributed by atoms with Crippen LogP contribution in [-0.4, -0.2) is 28.0 Å². The fourth-order valence-corrected chi connectivity index (χ4v) is 2.16. The average molecular weight is 281 g/mol. The Bertz CT molecular complexity index is 636. The van der Waals surface area contributed by atoms with Crippen molar-refractivity contribution < 1.29 is 14.7 Å². The number of aromatic amines is 1. The highest BCUT2D eigenvalue weighted by atomic mass is 35.5. The summed E-state index contributed by atoms with van der Waals surface area (Å²) in [5.74, 6) is -1.42. The summed E-state index contributed by atoms with van der Waals surface area (Å²) in [5, 5.41) is 13.0. The molecule has 1 amide bonds. The molecule has 100 valence electrons. The van der Waals surface area contributed by atoms with Gasteiger partial charge < -0.3 is 15.4 Å². The second-order valence-corrected chi connectivity index (χ2v) is 4.74. The number of hydrogen-bond donors (Lipinski definition) is 3. The van der Waals surface area contributed by atoms with Crippen LogP contribution in [-0.2, 0) is 16.0 Å². The number of aliphatic carboxylic acids is 1. The second-order valence-electron chi connectivity index (χ2n) is 4.30. The Morgan fingerprint density at radius 2 is 2.21 bits per heavy atom. The standard InChI is InChI=1S/C13H13ClN2O3/c1-7(17)16-12(13(18)19)4-8-6-15-11-5-9(14)2-3-10(8)11/h2-3,5-6,12,15H,4H2,1H3,(H,16,17)(H,18,19)/t12-/m1/s1. The van der Waals surface area contributed by atoms with E-state index in [1.807, 2.05) is 6.07 Å². The van der Waals surface area contributed by atoms with Crippen LogP contribution in [0.15, 0.2) is 24.4 Å². The highest BCUT2D eigenvalue weighted by Crippen LogP contribution is 2.23. The Morgan fingerprint density at radius 3 is 2.84 bits per heavy atom. The Morgan fingerprint density at radius 1 is 1.47 bits per heavy atom. The van der Waals surface area contributed by atoms with E-state index in [1.165, 1.54) is 6.92 Å². The SMILES string of the molecule is CC(=O)N[C@H](Cc1c[nH]c2cc(Cl)ccc12)C(=O)O. The zero-order valence-corrected chi connectivity index (χ0v) is 11.0. The first-order valence-electron chi connectivity index (χ1n) is 5.73. The molecule has 1 aromatic heterocycles. The molecule has 5 nitrogen and oxygen atoms in total. The molecule has 0 spiro atoms. The summed E-state index contributed by atoms with van der Waals surface area (Å²) in [6.45, 7) is 1.30. The third-order valence-corrected chi connectivity index (χ3v) is 3.06. The third kappa shape index (κ3) is 3.06. The number of carbonyl (C=O) groups is 2. The van der Waals surface area contributed by atoms with E-state index in [0.29, 0.717) is 5.02 Å². The van der Waals surface area contributed by atoms with Crippen molar-refractivity contribution in [3.8, 4) is 0 Å². The van der Waals surface area contributed by atoms with Crippen LogP contribution in [0.2, 0.25) is 5.02 Å². The molecule has 0 saturated carbocycles. The van der Waals surface area contributed by atoms with Gasteiger partial charge in [0.25, 0.3) is 0 Å². The van der Waals surface area contributed by atoms with Crippen LogP contribution >= 0.6 is 11.6 Å². The second kappa shape index (κ2) is 5.32. The topological polar surface area (TPSA) is 82.2 Å². The fraction of sp³-hybridized carbons (Fsp3) is 0.231. The van der Waals surface area contributed by atoms with E-state index in [4.69, 9.17) is 16.7 Å². The molecule has 1 heterocycles. The van der Waals surface area contributed by atoms with Crippen molar-refractivity contribution in [2.45, 2.75) is 19.4 Å². The molecule has 0 aliphatic rings. The summed E-state index contributed by atoms with van der Waals surface area (Å²) < 4.78 is 0. The molecule has 0 aliphatic heterocycles. The minimum Gasteiger partial charge on any atom is -0.480 e. The van der Waals surface area contributed by atoms with Crippen molar-refractivity contribution in [2.75, 3.05) is 0 Å². The summed E-state index contributed by atoms with van der Waals surface area (Å²) in [4.78, 5) is 25.1. The summed E-state index contributed by atoms with van der Waals surface area (Å²) in [6.07, 6.45) is 1.95. The third-order valence-electron chi connectivity index (χ3n) is 2.83. The minimum absolute atomic E-state index is 0.219. The van der Waals surface area contributed by atoms with Gasteiger partial charge in [-0.3, -0.25) is 4.79 Å². The van der Waals surface area contributed by atoms with Crippen molar-refractivity contribution in [1.29, 1.82) is 0 Å². The maximum Gasteiger partial charge on any atom is 0.326 e. The van der Waals surface area contributed by atoms with Gasteiger partial charge in [-0.2, -0.15) is 0 Å². The smallest absolute Gasteiger partial charge is 0.326 e. The molecule has 1 aromatic carbocycles. The van der Waals surface area contributed by atoms with Crippen molar-refractivity contribution in [2.24, 2.45) is 0 Å². The summed E-state index contributed by atoms with van der Waals surface area (Å²) in [5.41, 5.74) is 1.67. The number of halogens is 1. The molecule has 0 unspecified atom stereocenters. The van der Waals surface area contributed by atoms with Gasteiger partial charge in [0.15, 0.2) is 0 Å². The highest BCUT2D eigenvalue weighted by molar-refractivity contribution is 6.31. The van der Waals surface area contributed by atoms with Crippen LogP contribution in [0.5, 0.6) is 0 Å². The van der Waals surface area contributed by atoms with Gasteiger partial charge in [0.2, 0.25) is 5.91 Å². The number of H-pyrrole nitrogens is 1. The number of carboxylic acids is 1. The van der Waals surface area contributed by atoms with Crippen molar-refractivity contribution in [1.82, 2.24) is 10.3 Å². The number of fused-ring (bicyclic) bond motifs is 1. The van der Waals surface area contributed by atoms with Gasteiger partial charge in [-0.25, -0.2) is 4.79 Å². The van der Waals surface area contributed by atoms with E-state index >= 15 is 0 Å². The van der Waals surface area contributed by atoms with Crippen LogP contribution < -0.4 is 5.32 Å². The summed E-state index contributed by atoms with van der Waals surface area (Å²) in [6, 6.07) is 4.41. The van der Waals surface area contributed by atoms with Crippen molar-refractivity contribution in [3.63, 3.8) is 0 Å². The first kappa shape index (κ1) is 13.4. The predicted molar refractivity (Wildman–Crippen MR) is 72.3 cm³/mol. The van der Waals surface area contributed by atoms with E-state index in [1.54, 1.807) is 18.3 Å². The molecule has 0 saturated heterocycles. The molecular formula is C13H13ClN2O3. The number of nitrogens with one attached hydrogen (secondary N) is 2. The lowest BCUT2D eigenvalue weighted by atomic mass is 10.1. The van der Waals surface area contributed by atoms with Crippen LogP contribution in [0.3, 0.4) is 0 Å². The number of aromatic nitrogens is 1. The molecule has 0 fully saturated rings. The van der Waals surface area contributed by atoms with Crippen LogP contribution in [0.25, 0.3) is 10.9 Å². The van der Waals surface area contributed by atoms with Crippen LogP contribution in [0.4, 0.5) is 0 Å². The molecule has 0 radical (unpaired) electrons. The minimum atomic E-state index is -1.06. The molecular weight excluding hydrogens is 268 g/mol. The van der Waals surface area contributed by atoms with E-state index < -0.39 is 12.0 Å². The first-order valence-corrected chi connectivity index (χ1v) is 6.10. The molecule has 0 bridgehead atoms. The summed E-state index contributed by atoms with van der Waals surface area (Å²) >= 11 is 5.88. The first-order chi connectivity index (χ1) is 8.97. The van der Waals surface area contributed by atoms with Gasteiger partial charge in [-0.15, -0.1) is 0 Å². The zero-order chi connectivity index (χ0) is 14.0. The Balaban J connectivity index is 2.28. The summed E-state index contributed by atoms with van der Waals surface area (Å²) in [7, 11) is 0. The molecule has 2 aromatic rings. The van der Waals surface area contributed by atoms with Gasteiger partial charge in [0.05, 0.1) is 0 Å². The van der Waals surface area contributed by atoms with Gasteiger partial charge in [-0.05, 0) is 17.7 Å². The lowest BCUT2D eigenvalue weighted by molar-refractivity contribution is -0.141. The van der Waals surface area contributed by atoms with Gasteiger partial charge in [0, 0.05) is 35.5 Å². The van der Waals surface area contributed by atoms with E-state index in [2.05, 4.69) is 10.3 Å². The normalized spacial score (nSPS) is 12.3. The average Bonchev–Trinajstić information content (AvgIpc) is 2.70. The Kier molecular flexibility index (Phi) is 3.76. The largest absolute Gasteiger partial charge is 0.480 e. The van der Waals surface area contributed by atoms with Crippen molar-refractivity contribution >= 4 is 34.4 Å². The van der Waals surface area contributed by atoms with Gasteiger partial charge in [-0.1, -0.05) is 17.7 Å². The monoisotopic (exact) mass is 280 g/mol.